The zero-order valence-corrected chi connectivity index (χ0v) is 8.78. The number of hydrogen-bond donors (Lipinski definition) is 2. The molecule has 0 aliphatic rings. The summed E-state index contributed by atoms with van der Waals surface area (Å²) < 4.78 is 0. The van der Waals surface area contributed by atoms with Gasteiger partial charge in [-0.05, 0) is 36.1 Å². The van der Waals surface area contributed by atoms with Crippen LogP contribution < -0.4 is 5.48 Å². The fraction of sp³-hybridized carbons (Fsp3) is 0.364. The summed E-state index contributed by atoms with van der Waals surface area (Å²) >= 11 is 0. The lowest BCUT2D eigenvalue weighted by Gasteiger charge is -2.09. The largest absolute Gasteiger partial charge is 0.290 e. The first kappa shape index (κ1) is 10.7. The van der Waals surface area contributed by atoms with Crippen molar-refractivity contribution in [1.29, 1.82) is 0 Å². The molecule has 0 aliphatic carbocycles. The van der Waals surface area contributed by atoms with Crippen LogP contribution in [0.25, 0.3) is 0 Å². The Hall–Kier alpha value is -1.35. The molecule has 0 atom stereocenters. The summed E-state index contributed by atoms with van der Waals surface area (Å²) in [5.74, 6) is 0.531. The Morgan fingerprint density at radius 3 is 2.64 bits per heavy atom. The Bertz CT molecular complexity index is 332. The average Bonchev–Trinajstić information content (AvgIpc) is 2.14. The van der Waals surface area contributed by atoms with Crippen LogP contribution in [-0.2, 0) is 0 Å². The second-order valence-corrected chi connectivity index (χ2v) is 3.58. The third kappa shape index (κ3) is 2.57. The molecule has 0 radical (unpaired) electrons. The fourth-order valence-corrected chi connectivity index (χ4v) is 1.49. The molecule has 0 saturated carbocycles. The maximum absolute atomic E-state index is 8.34. The zero-order valence-electron chi connectivity index (χ0n) is 8.78. The van der Waals surface area contributed by atoms with E-state index in [2.05, 4.69) is 31.8 Å². The van der Waals surface area contributed by atoms with E-state index in [1.165, 1.54) is 17.5 Å². The van der Waals surface area contributed by atoms with Gasteiger partial charge in [0.15, 0.2) is 0 Å². The van der Waals surface area contributed by atoms with Crippen molar-refractivity contribution in [3.8, 4) is 0 Å². The molecule has 3 heteroatoms. The normalized spacial score (nSPS) is 11.2. The lowest BCUT2D eigenvalue weighted by atomic mass is 9.98. The van der Waals surface area contributed by atoms with Gasteiger partial charge in [-0.15, -0.1) is 0 Å². The Kier molecular flexibility index (Phi) is 3.65. The van der Waals surface area contributed by atoms with Crippen molar-refractivity contribution in [3.05, 3.63) is 29.3 Å². The van der Waals surface area contributed by atoms with Crippen LogP contribution in [0.1, 0.15) is 30.9 Å². The van der Waals surface area contributed by atoms with E-state index in [-0.39, 0.29) is 0 Å². The molecule has 0 fully saturated rings. The Labute approximate surface area is 84.4 Å². The van der Waals surface area contributed by atoms with E-state index >= 15 is 0 Å². The third-order valence-corrected chi connectivity index (χ3v) is 2.15. The molecule has 0 aromatic heterocycles. The van der Waals surface area contributed by atoms with Crippen molar-refractivity contribution in [2.75, 3.05) is 0 Å². The zero-order chi connectivity index (χ0) is 10.6. The molecular formula is C11H16N2O. The van der Waals surface area contributed by atoms with Crippen LogP contribution in [0, 0.1) is 6.92 Å². The minimum atomic E-state index is 0.531. The lowest BCUT2D eigenvalue weighted by Crippen LogP contribution is -2.01. The van der Waals surface area contributed by atoms with Crippen LogP contribution in [0.2, 0.25) is 0 Å². The van der Waals surface area contributed by atoms with Gasteiger partial charge in [-0.3, -0.25) is 10.7 Å². The fourth-order valence-electron chi connectivity index (χ4n) is 1.49. The van der Waals surface area contributed by atoms with Gasteiger partial charge in [0.05, 0.1) is 5.69 Å². The predicted octanol–water partition coefficient (Wildman–Crippen LogP) is 2.76. The van der Waals surface area contributed by atoms with Gasteiger partial charge in [0.25, 0.3) is 0 Å². The number of aliphatic imine (C=N–C) groups is 1. The second-order valence-electron chi connectivity index (χ2n) is 3.58. The summed E-state index contributed by atoms with van der Waals surface area (Å²) in [6, 6.07) is 6.02. The molecule has 0 aliphatic heterocycles. The highest BCUT2D eigenvalue weighted by Gasteiger charge is 2.02. The van der Waals surface area contributed by atoms with Crippen molar-refractivity contribution >= 4 is 12.0 Å². The SMILES string of the molecule is Cc1cc(N=CNO)ccc1C(C)C. The maximum atomic E-state index is 8.34. The van der Waals surface area contributed by atoms with Gasteiger partial charge in [0.1, 0.15) is 6.34 Å². The monoisotopic (exact) mass is 192 g/mol. The lowest BCUT2D eigenvalue weighted by molar-refractivity contribution is 0.240. The Balaban J connectivity index is 2.94. The van der Waals surface area contributed by atoms with E-state index in [0.717, 1.165) is 5.69 Å². The molecule has 1 aromatic rings. The number of benzene rings is 1. The van der Waals surface area contributed by atoms with Crippen LogP contribution in [0.5, 0.6) is 0 Å². The van der Waals surface area contributed by atoms with Crippen LogP contribution in [0.3, 0.4) is 0 Å². The van der Waals surface area contributed by atoms with Crippen molar-refractivity contribution in [2.45, 2.75) is 26.7 Å². The molecule has 0 heterocycles. The van der Waals surface area contributed by atoms with E-state index in [4.69, 9.17) is 5.21 Å². The molecular weight excluding hydrogens is 176 g/mol. The molecule has 3 nitrogen and oxygen atoms in total. The van der Waals surface area contributed by atoms with E-state index < -0.39 is 0 Å². The first-order chi connectivity index (χ1) is 6.65. The maximum Gasteiger partial charge on any atom is 0.113 e. The quantitative estimate of drug-likeness (QED) is 0.439. The highest BCUT2D eigenvalue weighted by atomic mass is 16.5. The average molecular weight is 192 g/mol. The molecule has 14 heavy (non-hydrogen) atoms. The van der Waals surface area contributed by atoms with Gasteiger partial charge in [0, 0.05) is 0 Å². The highest BCUT2D eigenvalue weighted by molar-refractivity contribution is 5.60. The Morgan fingerprint density at radius 1 is 1.43 bits per heavy atom. The molecule has 1 rings (SSSR count). The summed E-state index contributed by atoms with van der Waals surface area (Å²) in [7, 11) is 0. The summed E-state index contributed by atoms with van der Waals surface area (Å²) in [5.41, 5.74) is 5.29. The van der Waals surface area contributed by atoms with Gasteiger partial charge < -0.3 is 0 Å². The van der Waals surface area contributed by atoms with Gasteiger partial charge >= 0.3 is 0 Å². The van der Waals surface area contributed by atoms with Crippen molar-refractivity contribution in [2.24, 2.45) is 4.99 Å². The summed E-state index contributed by atoms with van der Waals surface area (Å²) in [4.78, 5) is 4.00. The van der Waals surface area contributed by atoms with Crippen LogP contribution >= 0.6 is 0 Å². The summed E-state index contributed by atoms with van der Waals surface area (Å²) in [6.45, 7) is 6.40. The van der Waals surface area contributed by atoms with E-state index in [1.54, 1.807) is 0 Å². The highest BCUT2D eigenvalue weighted by Crippen LogP contribution is 2.23. The Morgan fingerprint density at radius 2 is 2.14 bits per heavy atom. The third-order valence-electron chi connectivity index (χ3n) is 2.15. The van der Waals surface area contributed by atoms with Crippen molar-refractivity contribution in [3.63, 3.8) is 0 Å². The molecule has 2 N–H and O–H groups in total. The van der Waals surface area contributed by atoms with Gasteiger partial charge in [-0.1, -0.05) is 19.9 Å². The summed E-state index contributed by atoms with van der Waals surface area (Å²) in [5, 5.41) is 8.34. The van der Waals surface area contributed by atoms with Gasteiger partial charge in [0.2, 0.25) is 0 Å². The molecule has 1 aromatic carbocycles. The molecule has 0 amide bonds. The number of aryl methyl sites for hydroxylation is 1. The molecule has 0 saturated heterocycles. The number of nitrogens with one attached hydrogen (secondary N) is 1. The number of nitrogens with zero attached hydrogens (tertiary/aromatic N) is 1. The van der Waals surface area contributed by atoms with Crippen LogP contribution in [0.15, 0.2) is 23.2 Å². The minimum Gasteiger partial charge on any atom is -0.290 e. The standard InChI is InChI=1S/C11H16N2O/c1-8(2)11-5-4-10(6-9(11)3)12-7-13-14/h4-8,14H,1-3H3,(H,12,13). The van der Waals surface area contributed by atoms with Crippen molar-refractivity contribution < 1.29 is 5.21 Å². The van der Waals surface area contributed by atoms with Crippen LogP contribution in [0.4, 0.5) is 5.69 Å². The second kappa shape index (κ2) is 4.77. The predicted molar refractivity (Wildman–Crippen MR) is 58.3 cm³/mol. The smallest absolute Gasteiger partial charge is 0.113 e. The van der Waals surface area contributed by atoms with E-state index in [9.17, 15) is 0 Å². The molecule has 76 valence electrons. The number of hydrogen-bond acceptors (Lipinski definition) is 2. The topological polar surface area (TPSA) is 44.6 Å². The molecule has 0 bridgehead atoms. The number of hydroxylamine groups is 1. The van der Waals surface area contributed by atoms with E-state index in [1.807, 2.05) is 17.6 Å². The van der Waals surface area contributed by atoms with Gasteiger partial charge in [-0.25, -0.2) is 4.99 Å². The molecule has 0 spiro atoms. The first-order valence-electron chi connectivity index (χ1n) is 4.68. The number of rotatable bonds is 3. The summed E-state index contributed by atoms with van der Waals surface area (Å²) in [6.07, 6.45) is 1.25. The minimum absolute atomic E-state index is 0.531. The van der Waals surface area contributed by atoms with Crippen LogP contribution in [-0.4, -0.2) is 11.5 Å². The van der Waals surface area contributed by atoms with E-state index in [0.29, 0.717) is 5.92 Å². The van der Waals surface area contributed by atoms with Crippen molar-refractivity contribution in [1.82, 2.24) is 5.48 Å². The first-order valence-corrected chi connectivity index (χ1v) is 4.68. The molecule has 0 unspecified atom stereocenters. The van der Waals surface area contributed by atoms with Gasteiger partial charge in [-0.2, -0.15) is 0 Å².